The van der Waals surface area contributed by atoms with Crippen LogP contribution in [-0.2, 0) is 6.42 Å². The Morgan fingerprint density at radius 3 is 2.24 bits per heavy atom. The Kier molecular flexibility index (Phi) is 7.13. The second kappa shape index (κ2) is 10.6. The van der Waals surface area contributed by atoms with Crippen molar-refractivity contribution in [3.05, 3.63) is 107 Å². The van der Waals surface area contributed by atoms with Crippen LogP contribution in [0, 0.1) is 0 Å². The van der Waals surface area contributed by atoms with Crippen LogP contribution in [0.4, 0.5) is 0 Å². The van der Waals surface area contributed by atoms with Gasteiger partial charge in [0.2, 0.25) is 0 Å². The van der Waals surface area contributed by atoms with Crippen LogP contribution in [0.15, 0.2) is 89.5 Å². The van der Waals surface area contributed by atoms with Crippen LogP contribution in [0.5, 0.6) is 0 Å². The number of hydrogen-bond donors (Lipinski definition) is 1. The molecule has 0 aliphatic rings. The highest BCUT2D eigenvalue weighted by atomic mass is 16.5. The van der Waals surface area contributed by atoms with Crippen LogP contribution < -0.4 is 5.32 Å². The molecule has 4 rings (SSSR count). The van der Waals surface area contributed by atoms with Gasteiger partial charge in [-0.15, -0.1) is 0 Å². The summed E-state index contributed by atoms with van der Waals surface area (Å²) in [7, 11) is 1.75. The summed E-state index contributed by atoms with van der Waals surface area (Å²) in [6.07, 6.45) is 0.469. The number of benzene rings is 3. The molecule has 1 atom stereocenters. The first-order chi connectivity index (χ1) is 16.5. The van der Waals surface area contributed by atoms with Crippen LogP contribution in [0.1, 0.15) is 45.1 Å². The fraction of sp³-hybridized carbons (Fsp3) is 0.185. The molecule has 1 aromatic heterocycles. The minimum Gasteiger partial charge on any atom is -0.346 e. The maximum absolute atomic E-state index is 12.6. The van der Waals surface area contributed by atoms with Gasteiger partial charge in [-0.2, -0.15) is 4.98 Å². The molecule has 3 aromatic carbocycles. The summed E-state index contributed by atoms with van der Waals surface area (Å²) in [5.74, 6) is 0.679. The topological polar surface area (TPSA) is 88.3 Å². The second-order valence-corrected chi connectivity index (χ2v) is 8.04. The third kappa shape index (κ3) is 5.56. The van der Waals surface area contributed by atoms with Crippen molar-refractivity contribution in [3.63, 3.8) is 0 Å². The molecule has 1 unspecified atom stereocenters. The van der Waals surface area contributed by atoms with Crippen molar-refractivity contribution in [2.45, 2.75) is 19.4 Å². The molecule has 1 heterocycles. The van der Waals surface area contributed by atoms with Gasteiger partial charge in [0.15, 0.2) is 5.82 Å². The van der Waals surface area contributed by atoms with Gasteiger partial charge in [0.1, 0.15) is 0 Å². The molecule has 0 bridgehead atoms. The summed E-state index contributed by atoms with van der Waals surface area (Å²) < 4.78 is 5.39. The van der Waals surface area contributed by atoms with E-state index in [1.54, 1.807) is 48.3 Å². The number of rotatable bonds is 8. The summed E-state index contributed by atoms with van der Waals surface area (Å²) in [4.78, 5) is 31.1. The third-order valence-corrected chi connectivity index (χ3v) is 5.55. The molecule has 4 aromatic rings. The van der Waals surface area contributed by atoms with Crippen molar-refractivity contribution < 1.29 is 14.1 Å². The minimum atomic E-state index is -0.153. The van der Waals surface area contributed by atoms with Crippen molar-refractivity contribution in [2.24, 2.45) is 0 Å². The number of aromatic nitrogens is 2. The van der Waals surface area contributed by atoms with Crippen molar-refractivity contribution in [1.29, 1.82) is 0 Å². The molecule has 0 spiro atoms. The van der Waals surface area contributed by atoms with E-state index in [9.17, 15) is 9.59 Å². The maximum atomic E-state index is 12.6. The van der Waals surface area contributed by atoms with Crippen LogP contribution in [0.25, 0.3) is 11.5 Å². The molecule has 0 saturated heterocycles. The van der Waals surface area contributed by atoms with Gasteiger partial charge in [0.25, 0.3) is 17.7 Å². The normalized spacial score (nSPS) is 11.6. The smallest absolute Gasteiger partial charge is 0.257 e. The molecular weight excluding hydrogens is 428 g/mol. The van der Waals surface area contributed by atoms with Gasteiger partial charge in [-0.1, -0.05) is 53.7 Å². The minimum absolute atomic E-state index is 0.0558. The monoisotopic (exact) mass is 454 g/mol. The standard InChI is InChI=1S/C27H26N4O3/c1-19(20-9-5-3-6-10-20)28-25(32)21-13-15-22(16-14-21)26-29-24(30-34-26)17-18-31(2)27(33)23-11-7-4-8-12-23/h3-16,19H,17-18H2,1-2H3,(H,28,32). The fourth-order valence-corrected chi connectivity index (χ4v) is 3.51. The molecule has 0 saturated carbocycles. The Hall–Kier alpha value is -4.26. The Morgan fingerprint density at radius 2 is 1.56 bits per heavy atom. The number of nitrogens with one attached hydrogen (secondary N) is 1. The Balaban J connectivity index is 1.33. The number of nitrogens with zero attached hydrogens (tertiary/aromatic N) is 3. The van der Waals surface area contributed by atoms with E-state index in [0.29, 0.717) is 35.8 Å². The predicted octanol–water partition coefficient (Wildman–Crippen LogP) is 4.54. The number of hydrogen-bond acceptors (Lipinski definition) is 5. The SMILES string of the molecule is CC(NC(=O)c1ccc(-c2nc(CCN(C)C(=O)c3ccccc3)no2)cc1)c1ccccc1. The van der Waals surface area contributed by atoms with E-state index in [1.165, 1.54) is 0 Å². The average Bonchev–Trinajstić information content (AvgIpc) is 3.37. The van der Waals surface area contributed by atoms with E-state index in [0.717, 1.165) is 11.1 Å². The molecule has 1 N–H and O–H groups in total. The zero-order valence-electron chi connectivity index (χ0n) is 19.1. The first-order valence-corrected chi connectivity index (χ1v) is 11.1. The van der Waals surface area contributed by atoms with Crippen LogP contribution in [-0.4, -0.2) is 40.4 Å². The van der Waals surface area contributed by atoms with Crippen molar-refractivity contribution in [2.75, 3.05) is 13.6 Å². The van der Waals surface area contributed by atoms with E-state index in [2.05, 4.69) is 15.5 Å². The summed E-state index contributed by atoms with van der Waals surface area (Å²) in [6, 6.07) is 25.9. The first-order valence-electron chi connectivity index (χ1n) is 11.1. The highest BCUT2D eigenvalue weighted by Gasteiger charge is 2.15. The van der Waals surface area contributed by atoms with Gasteiger partial charge in [-0.25, -0.2) is 0 Å². The molecular formula is C27H26N4O3. The van der Waals surface area contributed by atoms with Gasteiger partial charge in [-0.3, -0.25) is 9.59 Å². The highest BCUT2D eigenvalue weighted by Crippen LogP contribution is 2.19. The lowest BCUT2D eigenvalue weighted by Gasteiger charge is -2.15. The van der Waals surface area contributed by atoms with Crippen molar-refractivity contribution in [1.82, 2.24) is 20.4 Å². The predicted molar refractivity (Wildman–Crippen MR) is 129 cm³/mol. The quantitative estimate of drug-likeness (QED) is 0.422. The molecule has 0 aliphatic heterocycles. The fourth-order valence-electron chi connectivity index (χ4n) is 3.51. The molecule has 0 radical (unpaired) electrons. The lowest BCUT2D eigenvalue weighted by atomic mass is 10.1. The zero-order valence-corrected chi connectivity index (χ0v) is 19.1. The maximum Gasteiger partial charge on any atom is 0.257 e. The van der Waals surface area contributed by atoms with E-state index < -0.39 is 0 Å². The molecule has 0 fully saturated rings. The Bertz CT molecular complexity index is 1240. The summed E-state index contributed by atoms with van der Waals surface area (Å²) in [5.41, 5.74) is 2.95. The molecule has 172 valence electrons. The number of carbonyl (C=O) groups is 2. The van der Waals surface area contributed by atoms with Crippen LogP contribution in [0.2, 0.25) is 0 Å². The Morgan fingerprint density at radius 1 is 0.912 bits per heavy atom. The van der Waals surface area contributed by atoms with Crippen molar-refractivity contribution >= 4 is 11.8 Å². The number of amides is 2. The van der Waals surface area contributed by atoms with Gasteiger partial charge in [0, 0.05) is 36.7 Å². The molecule has 34 heavy (non-hydrogen) atoms. The lowest BCUT2D eigenvalue weighted by Crippen LogP contribution is -2.29. The molecule has 2 amide bonds. The molecule has 0 aliphatic carbocycles. The van der Waals surface area contributed by atoms with Crippen LogP contribution in [0.3, 0.4) is 0 Å². The van der Waals surface area contributed by atoms with Gasteiger partial charge >= 0.3 is 0 Å². The Labute approximate surface area is 198 Å². The number of carbonyl (C=O) groups excluding carboxylic acids is 2. The van der Waals surface area contributed by atoms with Gasteiger partial charge in [-0.05, 0) is 48.9 Å². The average molecular weight is 455 g/mol. The summed E-state index contributed by atoms with van der Waals surface area (Å²) >= 11 is 0. The largest absolute Gasteiger partial charge is 0.346 e. The van der Waals surface area contributed by atoms with E-state index in [-0.39, 0.29) is 17.9 Å². The van der Waals surface area contributed by atoms with E-state index in [4.69, 9.17) is 4.52 Å². The summed E-state index contributed by atoms with van der Waals surface area (Å²) in [5, 5.41) is 7.03. The van der Waals surface area contributed by atoms with Crippen molar-refractivity contribution in [3.8, 4) is 11.5 Å². The summed E-state index contributed by atoms with van der Waals surface area (Å²) in [6.45, 7) is 2.41. The van der Waals surface area contributed by atoms with E-state index >= 15 is 0 Å². The number of likely N-dealkylation sites (N-methyl/N-ethyl adjacent to an activating group) is 1. The highest BCUT2D eigenvalue weighted by molar-refractivity contribution is 5.95. The van der Waals surface area contributed by atoms with Gasteiger partial charge < -0.3 is 14.7 Å². The molecule has 7 nitrogen and oxygen atoms in total. The second-order valence-electron chi connectivity index (χ2n) is 8.04. The zero-order chi connectivity index (χ0) is 23.9. The van der Waals surface area contributed by atoms with Crippen LogP contribution >= 0.6 is 0 Å². The molecule has 7 heteroatoms. The first kappa shape index (κ1) is 22.9. The lowest BCUT2D eigenvalue weighted by molar-refractivity contribution is 0.0795. The van der Waals surface area contributed by atoms with Gasteiger partial charge in [0.05, 0.1) is 6.04 Å². The van der Waals surface area contributed by atoms with E-state index in [1.807, 2.05) is 55.5 Å². The third-order valence-electron chi connectivity index (χ3n) is 5.55.